The lowest BCUT2D eigenvalue weighted by atomic mass is 9.70. The number of hydrogen-bond acceptors (Lipinski definition) is 3. The van der Waals surface area contributed by atoms with Crippen molar-refractivity contribution in [2.75, 3.05) is 32.7 Å². The number of likely N-dealkylation sites (tertiary alicyclic amines) is 3. The Hall–Kier alpha value is -3.37. The summed E-state index contributed by atoms with van der Waals surface area (Å²) in [6.07, 6.45) is -3.75. The summed E-state index contributed by atoms with van der Waals surface area (Å²) in [4.78, 5) is 20.3. The SMILES string of the molecule is O=C(c1cc(C(F)(F)F)cc(C(F)(F)F)c1)N1CCC(N2CCC3(CCN(Cc4ccccc4)CC3)CC2)CC1Cc1ccccc1. The number of rotatable bonds is 6. The van der Waals surface area contributed by atoms with Gasteiger partial charge < -0.3 is 9.80 Å². The molecular formula is C37H41F6N3O. The van der Waals surface area contributed by atoms with Gasteiger partial charge in [-0.1, -0.05) is 60.7 Å². The minimum Gasteiger partial charge on any atom is -0.335 e. The average molecular weight is 658 g/mol. The number of amides is 1. The molecular weight excluding hydrogens is 616 g/mol. The Labute approximate surface area is 272 Å². The highest BCUT2D eigenvalue weighted by Crippen LogP contribution is 2.43. The van der Waals surface area contributed by atoms with Crippen LogP contribution in [0.1, 0.15) is 71.1 Å². The molecule has 2 atom stereocenters. The third-order valence-corrected chi connectivity index (χ3v) is 10.6. The average Bonchev–Trinajstić information content (AvgIpc) is 3.06. The fourth-order valence-corrected chi connectivity index (χ4v) is 7.84. The Bertz CT molecular complexity index is 1460. The summed E-state index contributed by atoms with van der Waals surface area (Å²) in [5.41, 5.74) is -0.889. The standard InChI is InChI=1S/C37H41F6N3O/c38-36(39,40)30-22-29(23-31(24-30)37(41,42)43)34(47)46-16-11-32(25-33(46)21-27-7-3-1-4-8-27)45-19-14-35(15-20-45)12-17-44(18-13-35)26-28-9-5-2-6-10-28/h1-10,22-24,32-33H,11-21,25-26H2. The summed E-state index contributed by atoms with van der Waals surface area (Å²) in [7, 11) is 0. The zero-order valence-electron chi connectivity index (χ0n) is 26.4. The molecule has 3 aromatic carbocycles. The molecule has 0 aliphatic carbocycles. The topological polar surface area (TPSA) is 26.8 Å². The second-order valence-corrected chi connectivity index (χ2v) is 13.6. The van der Waals surface area contributed by atoms with Crippen LogP contribution < -0.4 is 0 Å². The third kappa shape index (κ3) is 8.03. The normalized spacial score (nSPS) is 22.8. The molecule has 2 unspecified atom stereocenters. The van der Waals surface area contributed by atoms with Gasteiger partial charge in [-0.3, -0.25) is 9.69 Å². The highest BCUT2D eigenvalue weighted by Gasteiger charge is 2.42. The van der Waals surface area contributed by atoms with E-state index in [0.29, 0.717) is 36.8 Å². The summed E-state index contributed by atoms with van der Waals surface area (Å²) < 4.78 is 81.6. The molecule has 3 aliphatic heterocycles. The van der Waals surface area contributed by atoms with Gasteiger partial charge in [-0.2, -0.15) is 26.3 Å². The largest absolute Gasteiger partial charge is 0.416 e. The Morgan fingerprint density at radius 1 is 0.702 bits per heavy atom. The van der Waals surface area contributed by atoms with Crippen molar-refractivity contribution < 1.29 is 31.1 Å². The molecule has 3 aromatic rings. The zero-order valence-corrected chi connectivity index (χ0v) is 26.4. The molecule has 252 valence electrons. The Kier molecular flexibility index (Phi) is 9.72. The molecule has 0 bridgehead atoms. The molecule has 3 heterocycles. The molecule has 47 heavy (non-hydrogen) atoms. The van der Waals surface area contributed by atoms with Crippen molar-refractivity contribution in [3.63, 3.8) is 0 Å². The molecule has 3 saturated heterocycles. The summed E-state index contributed by atoms with van der Waals surface area (Å²) in [6, 6.07) is 21.1. The molecule has 1 spiro atoms. The van der Waals surface area contributed by atoms with E-state index >= 15 is 0 Å². The van der Waals surface area contributed by atoms with Crippen LogP contribution in [0.25, 0.3) is 0 Å². The van der Waals surface area contributed by atoms with Gasteiger partial charge in [0.15, 0.2) is 0 Å². The second kappa shape index (κ2) is 13.6. The van der Waals surface area contributed by atoms with Crippen LogP contribution in [0.5, 0.6) is 0 Å². The van der Waals surface area contributed by atoms with Gasteiger partial charge in [0.25, 0.3) is 5.91 Å². The van der Waals surface area contributed by atoms with Gasteiger partial charge in [-0.25, -0.2) is 0 Å². The molecule has 3 fully saturated rings. The molecule has 0 aromatic heterocycles. The van der Waals surface area contributed by atoms with Crippen molar-refractivity contribution in [2.45, 2.75) is 75.9 Å². The fraction of sp³-hybridized carbons (Fsp3) is 0.486. The summed E-state index contributed by atoms with van der Waals surface area (Å²) in [6.45, 7) is 5.33. The number of alkyl halides is 6. The molecule has 4 nitrogen and oxygen atoms in total. The zero-order chi connectivity index (χ0) is 33.2. The maximum atomic E-state index is 13.8. The first kappa shape index (κ1) is 33.5. The number of carbonyl (C=O) groups excluding carboxylic acids is 1. The van der Waals surface area contributed by atoms with Gasteiger partial charge in [-0.15, -0.1) is 0 Å². The van der Waals surface area contributed by atoms with Gasteiger partial charge in [0.2, 0.25) is 0 Å². The highest BCUT2D eigenvalue weighted by atomic mass is 19.4. The molecule has 1 amide bonds. The van der Waals surface area contributed by atoms with Crippen LogP contribution in [0.4, 0.5) is 26.3 Å². The smallest absolute Gasteiger partial charge is 0.335 e. The van der Waals surface area contributed by atoms with Crippen molar-refractivity contribution in [3.05, 3.63) is 107 Å². The fourth-order valence-electron chi connectivity index (χ4n) is 7.84. The lowest BCUT2D eigenvalue weighted by molar-refractivity contribution is -0.143. The van der Waals surface area contributed by atoms with E-state index in [1.807, 2.05) is 36.4 Å². The minimum absolute atomic E-state index is 0.0702. The van der Waals surface area contributed by atoms with E-state index in [2.05, 4.69) is 34.1 Å². The highest BCUT2D eigenvalue weighted by molar-refractivity contribution is 5.95. The first-order valence-corrected chi connectivity index (χ1v) is 16.5. The maximum Gasteiger partial charge on any atom is 0.416 e. The molecule has 10 heteroatoms. The lowest BCUT2D eigenvalue weighted by Gasteiger charge is -2.50. The Morgan fingerprint density at radius 2 is 1.23 bits per heavy atom. The van der Waals surface area contributed by atoms with Gasteiger partial charge in [0.1, 0.15) is 0 Å². The number of carbonyl (C=O) groups is 1. The molecule has 0 saturated carbocycles. The van der Waals surface area contributed by atoms with E-state index in [-0.39, 0.29) is 24.7 Å². The van der Waals surface area contributed by atoms with E-state index in [1.165, 1.54) is 23.3 Å². The van der Waals surface area contributed by atoms with Crippen LogP contribution in [-0.2, 0) is 25.3 Å². The summed E-state index contributed by atoms with van der Waals surface area (Å²) >= 11 is 0. The van der Waals surface area contributed by atoms with Crippen LogP contribution in [0.3, 0.4) is 0 Å². The van der Waals surface area contributed by atoms with Crippen LogP contribution in [0.15, 0.2) is 78.9 Å². The summed E-state index contributed by atoms with van der Waals surface area (Å²) in [5, 5.41) is 0. The van der Waals surface area contributed by atoms with Crippen molar-refractivity contribution in [1.29, 1.82) is 0 Å². The Morgan fingerprint density at radius 3 is 1.79 bits per heavy atom. The number of benzene rings is 3. The predicted octanol–water partition coefficient (Wildman–Crippen LogP) is 8.32. The number of hydrogen-bond donors (Lipinski definition) is 0. The Balaban J connectivity index is 1.14. The van der Waals surface area contributed by atoms with Crippen LogP contribution >= 0.6 is 0 Å². The number of piperidine rings is 3. The maximum absolute atomic E-state index is 13.8. The van der Waals surface area contributed by atoms with Gasteiger partial charge >= 0.3 is 12.4 Å². The predicted molar refractivity (Wildman–Crippen MR) is 169 cm³/mol. The van der Waals surface area contributed by atoms with Crippen LogP contribution in [0, 0.1) is 5.41 Å². The van der Waals surface area contributed by atoms with Gasteiger partial charge in [-0.05, 0) is 106 Å². The first-order chi connectivity index (χ1) is 22.4. The van der Waals surface area contributed by atoms with Crippen molar-refractivity contribution >= 4 is 5.91 Å². The molecule has 0 N–H and O–H groups in total. The van der Waals surface area contributed by atoms with Crippen molar-refractivity contribution in [3.8, 4) is 0 Å². The van der Waals surface area contributed by atoms with E-state index in [4.69, 9.17) is 0 Å². The lowest BCUT2D eigenvalue weighted by Crippen LogP contribution is -2.55. The van der Waals surface area contributed by atoms with E-state index in [9.17, 15) is 31.1 Å². The summed E-state index contributed by atoms with van der Waals surface area (Å²) in [5.74, 6) is -0.791. The molecule has 3 aliphatic rings. The van der Waals surface area contributed by atoms with Crippen LogP contribution in [0.2, 0.25) is 0 Å². The number of nitrogens with zero attached hydrogens (tertiary/aromatic N) is 3. The van der Waals surface area contributed by atoms with Crippen molar-refractivity contribution in [1.82, 2.24) is 14.7 Å². The van der Waals surface area contributed by atoms with Crippen LogP contribution in [-0.4, -0.2) is 65.4 Å². The minimum atomic E-state index is -5.02. The second-order valence-electron chi connectivity index (χ2n) is 13.6. The van der Waals surface area contributed by atoms with E-state index < -0.39 is 35.0 Å². The first-order valence-electron chi connectivity index (χ1n) is 16.5. The quantitative estimate of drug-likeness (QED) is 0.250. The van der Waals surface area contributed by atoms with Gasteiger partial charge in [0.05, 0.1) is 11.1 Å². The van der Waals surface area contributed by atoms with Gasteiger partial charge in [0, 0.05) is 30.7 Å². The number of halogens is 6. The van der Waals surface area contributed by atoms with E-state index in [0.717, 1.165) is 51.1 Å². The van der Waals surface area contributed by atoms with Crippen molar-refractivity contribution in [2.24, 2.45) is 5.41 Å². The molecule has 6 rings (SSSR count). The third-order valence-electron chi connectivity index (χ3n) is 10.6. The molecule has 0 radical (unpaired) electrons. The monoisotopic (exact) mass is 657 g/mol. The van der Waals surface area contributed by atoms with E-state index in [1.54, 1.807) is 0 Å².